The van der Waals surface area contributed by atoms with Crippen molar-refractivity contribution in [2.45, 2.75) is 47.5 Å². The minimum atomic E-state index is -0.0510. The van der Waals surface area contributed by atoms with E-state index in [4.69, 9.17) is 0 Å². The van der Waals surface area contributed by atoms with Crippen LogP contribution < -0.4 is 0 Å². The summed E-state index contributed by atoms with van der Waals surface area (Å²) in [5.74, 6) is 0.891. The first kappa shape index (κ1) is 23.4. The topological polar surface area (TPSA) is 60.7 Å². The molecule has 3 N–H and O–H groups in total. The summed E-state index contributed by atoms with van der Waals surface area (Å²) in [5, 5.41) is 30.7. The molecule has 0 aliphatic heterocycles. The Labute approximate surface area is 202 Å². The van der Waals surface area contributed by atoms with Crippen LogP contribution in [0.4, 0.5) is 0 Å². The third-order valence-electron chi connectivity index (χ3n) is 7.26. The maximum atomic E-state index is 10.5. The van der Waals surface area contributed by atoms with E-state index in [9.17, 15) is 15.3 Å². The molecule has 174 valence electrons. The Morgan fingerprint density at radius 1 is 0.500 bits per heavy atom. The molecule has 0 aromatic heterocycles. The van der Waals surface area contributed by atoms with Gasteiger partial charge in [-0.15, -0.1) is 0 Å². The SMILES string of the molecule is Cc1cc(C(c2ccc(-c3ccc(O)cc3)cc2)c2cc(C)c(O)c(C)c2C)c(C)c(C)c1O. The lowest BCUT2D eigenvalue weighted by Crippen LogP contribution is -2.10. The minimum Gasteiger partial charge on any atom is -0.508 e. The molecule has 4 aromatic carbocycles. The largest absolute Gasteiger partial charge is 0.508 e. The fourth-order valence-corrected chi connectivity index (χ4v) is 4.85. The van der Waals surface area contributed by atoms with Crippen LogP contribution in [0.3, 0.4) is 0 Å². The highest BCUT2D eigenvalue weighted by molar-refractivity contribution is 5.66. The first-order valence-corrected chi connectivity index (χ1v) is 11.6. The second-order valence-electron chi connectivity index (χ2n) is 9.36. The van der Waals surface area contributed by atoms with E-state index in [0.717, 1.165) is 61.2 Å². The van der Waals surface area contributed by atoms with Gasteiger partial charge < -0.3 is 15.3 Å². The lowest BCUT2D eigenvalue weighted by atomic mass is 9.78. The highest BCUT2D eigenvalue weighted by Gasteiger charge is 2.25. The molecular weight excluding hydrogens is 420 g/mol. The fraction of sp³-hybridized carbons (Fsp3) is 0.226. The van der Waals surface area contributed by atoms with Crippen LogP contribution in [-0.2, 0) is 0 Å². The maximum Gasteiger partial charge on any atom is 0.121 e. The van der Waals surface area contributed by atoms with Crippen LogP contribution in [0.5, 0.6) is 17.2 Å². The van der Waals surface area contributed by atoms with E-state index in [0.29, 0.717) is 11.5 Å². The van der Waals surface area contributed by atoms with Gasteiger partial charge in [0.1, 0.15) is 17.2 Å². The van der Waals surface area contributed by atoms with Gasteiger partial charge in [0.15, 0.2) is 0 Å². The van der Waals surface area contributed by atoms with E-state index in [-0.39, 0.29) is 11.7 Å². The molecule has 0 spiro atoms. The zero-order valence-electron chi connectivity index (χ0n) is 20.7. The Balaban J connectivity index is 1.94. The van der Waals surface area contributed by atoms with Gasteiger partial charge in [-0.1, -0.05) is 48.5 Å². The molecule has 0 radical (unpaired) electrons. The van der Waals surface area contributed by atoms with E-state index in [1.165, 1.54) is 0 Å². The molecule has 0 fully saturated rings. The van der Waals surface area contributed by atoms with Crippen molar-refractivity contribution in [2.24, 2.45) is 0 Å². The number of rotatable bonds is 4. The van der Waals surface area contributed by atoms with Crippen LogP contribution in [0.1, 0.15) is 56.0 Å². The predicted octanol–water partition coefficient (Wildman–Crippen LogP) is 7.50. The van der Waals surface area contributed by atoms with Crippen molar-refractivity contribution < 1.29 is 15.3 Å². The van der Waals surface area contributed by atoms with Crippen LogP contribution in [0.15, 0.2) is 60.7 Å². The molecule has 0 aliphatic carbocycles. The Hall–Kier alpha value is -3.72. The Kier molecular flexibility index (Phi) is 6.14. The van der Waals surface area contributed by atoms with Crippen molar-refractivity contribution >= 4 is 0 Å². The lowest BCUT2D eigenvalue weighted by molar-refractivity contribution is 0.465. The van der Waals surface area contributed by atoms with Gasteiger partial charge in [-0.3, -0.25) is 0 Å². The molecule has 0 bridgehead atoms. The molecule has 0 heterocycles. The summed E-state index contributed by atoms with van der Waals surface area (Å²) in [5.41, 5.74) is 11.2. The summed E-state index contributed by atoms with van der Waals surface area (Å²) in [6.45, 7) is 11.9. The number of phenolic OH excluding ortho intramolecular Hbond substituents is 3. The van der Waals surface area contributed by atoms with Crippen LogP contribution in [0.25, 0.3) is 11.1 Å². The zero-order valence-corrected chi connectivity index (χ0v) is 20.7. The molecule has 0 aliphatic rings. The summed E-state index contributed by atoms with van der Waals surface area (Å²) >= 11 is 0. The van der Waals surface area contributed by atoms with Crippen LogP contribution in [0, 0.1) is 41.5 Å². The maximum absolute atomic E-state index is 10.5. The number of hydrogen-bond donors (Lipinski definition) is 3. The van der Waals surface area contributed by atoms with Gasteiger partial charge in [-0.25, -0.2) is 0 Å². The second kappa shape index (κ2) is 8.90. The fourth-order valence-electron chi connectivity index (χ4n) is 4.85. The monoisotopic (exact) mass is 452 g/mol. The molecule has 0 saturated carbocycles. The summed E-state index contributed by atoms with van der Waals surface area (Å²) in [6, 6.07) is 19.9. The first-order valence-electron chi connectivity index (χ1n) is 11.6. The van der Waals surface area contributed by atoms with Gasteiger partial charge in [-0.2, -0.15) is 0 Å². The van der Waals surface area contributed by atoms with Crippen molar-refractivity contribution in [3.8, 4) is 28.4 Å². The molecule has 0 unspecified atom stereocenters. The molecule has 0 atom stereocenters. The zero-order chi connectivity index (χ0) is 24.7. The molecule has 0 saturated heterocycles. The average molecular weight is 453 g/mol. The van der Waals surface area contributed by atoms with Crippen molar-refractivity contribution in [3.63, 3.8) is 0 Å². The highest BCUT2D eigenvalue weighted by atomic mass is 16.3. The van der Waals surface area contributed by atoms with Crippen molar-refractivity contribution in [2.75, 3.05) is 0 Å². The molecule has 3 nitrogen and oxygen atoms in total. The summed E-state index contributed by atoms with van der Waals surface area (Å²) in [6.07, 6.45) is 0. The summed E-state index contributed by atoms with van der Waals surface area (Å²) in [7, 11) is 0. The molecule has 34 heavy (non-hydrogen) atoms. The number of benzene rings is 4. The second-order valence-corrected chi connectivity index (χ2v) is 9.36. The minimum absolute atomic E-state index is 0.0510. The van der Waals surface area contributed by atoms with E-state index < -0.39 is 0 Å². The van der Waals surface area contributed by atoms with Gasteiger partial charge in [0, 0.05) is 5.92 Å². The molecule has 3 heteroatoms. The van der Waals surface area contributed by atoms with E-state index >= 15 is 0 Å². The average Bonchev–Trinajstić information content (AvgIpc) is 2.83. The van der Waals surface area contributed by atoms with Crippen molar-refractivity contribution in [1.82, 2.24) is 0 Å². The molecular formula is C31H32O3. The van der Waals surface area contributed by atoms with Crippen LogP contribution >= 0.6 is 0 Å². The van der Waals surface area contributed by atoms with Crippen molar-refractivity contribution in [3.05, 3.63) is 111 Å². The predicted molar refractivity (Wildman–Crippen MR) is 139 cm³/mol. The molecule has 4 rings (SSSR count). The van der Waals surface area contributed by atoms with Crippen molar-refractivity contribution in [1.29, 1.82) is 0 Å². The molecule has 0 amide bonds. The van der Waals surface area contributed by atoms with Gasteiger partial charge in [0.25, 0.3) is 0 Å². The van der Waals surface area contributed by atoms with E-state index in [1.807, 2.05) is 39.8 Å². The normalized spacial score (nSPS) is 11.3. The van der Waals surface area contributed by atoms with Gasteiger partial charge >= 0.3 is 0 Å². The third kappa shape index (κ3) is 4.03. The number of aryl methyl sites for hydroxylation is 2. The Bertz CT molecular complexity index is 1300. The molecule has 4 aromatic rings. The number of phenols is 3. The smallest absolute Gasteiger partial charge is 0.121 e. The third-order valence-corrected chi connectivity index (χ3v) is 7.26. The summed E-state index contributed by atoms with van der Waals surface area (Å²) < 4.78 is 0. The van der Waals surface area contributed by atoms with Gasteiger partial charge in [-0.05, 0) is 115 Å². The summed E-state index contributed by atoms with van der Waals surface area (Å²) in [4.78, 5) is 0. The first-order chi connectivity index (χ1) is 16.1. The van der Waals surface area contributed by atoms with Crippen LogP contribution in [0.2, 0.25) is 0 Å². The van der Waals surface area contributed by atoms with Gasteiger partial charge in [0.2, 0.25) is 0 Å². The number of hydrogen-bond acceptors (Lipinski definition) is 3. The van der Waals surface area contributed by atoms with Gasteiger partial charge in [0.05, 0.1) is 0 Å². The Morgan fingerprint density at radius 3 is 1.29 bits per heavy atom. The quantitative estimate of drug-likeness (QED) is 0.281. The van der Waals surface area contributed by atoms with E-state index in [1.54, 1.807) is 12.1 Å². The standard InChI is InChI=1S/C31H32O3/c1-17-15-27(19(3)21(5)30(17)33)29(28-16-18(2)31(34)22(6)20(28)4)25-9-7-23(8-10-25)24-11-13-26(32)14-12-24/h7-16,29,32-34H,1-6H3. The number of aromatic hydroxyl groups is 3. The Morgan fingerprint density at radius 2 is 0.882 bits per heavy atom. The van der Waals surface area contributed by atoms with E-state index in [2.05, 4.69) is 50.2 Å². The lowest BCUT2D eigenvalue weighted by Gasteiger charge is -2.26. The van der Waals surface area contributed by atoms with Crippen LogP contribution in [-0.4, -0.2) is 15.3 Å². The highest BCUT2D eigenvalue weighted by Crippen LogP contribution is 2.42.